The van der Waals surface area contributed by atoms with Crippen molar-refractivity contribution >= 4 is 17.9 Å². The molecule has 0 radical (unpaired) electrons. The molecule has 0 aromatic heterocycles. The quantitative estimate of drug-likeness (QED) is 0.0199. The Labute approximate surface area is 414 Å². The summed E-state index contributed by atoms with van der Waals surface area (Å²) in [5, 5.41) is 0. The monoisotopic (exact) mass is 935 g/mol. The van der Waals surface area contributed by atoms with E-state index in [-0.39, 0.29) is 37.5 Å². The van der Waals surface area contributed by atoms with Crippen molar-refractivity contribution in [3.8, 4) is 0 Å². The molecule has 0 spiro atoms. The lowest BCUT2D eigenvalue weighted by Gasteiger charge is -2.18. The first-order chi connectivity index (χ1) is 33.0. The number of carbonyl (C=O) groups is 3. The van der Waals surface area contributed by atoms with Crippen molar-refractivity contribution in [2.24, 2.45) is 0 Å². The van der Waals surface area contributed by atoms with E-state index in [9.17, 15) is 14.4 Å². The number of ether oxygens (including phenoxy) is 3. The molecule has 0 saturated carbocycles. The summed E-state index contributed by atoms with van der Waals surface area (Å²) in [6.07, 6.45) is 70.3. The molecule has 0 rings (SSSR count). The van der Waals surface area contributed by atoms with Crippen LogP contribution in [-0.2, 0) is 28.6 Å². The van der Waals surface area contributed by atoms with Gasteiger partial charge < -0.3 is 14.2 Å². The second kappa shape index (κ2) is 55.4. The summed E-state index contributed by atoms with van der Waals surface area (Å²) >= 11 is 0. The zero-order chi connectivity index (χ0) is 48.6. The summed E-state index contributed by atoms with van der Waals surface area (Å²) in [6.45, 7) is 6.57. The normalized spacial score (nSPS) is 12.6. The van der Waals surface area contributed by atoms with Gasteiger partial charge in [0.25, 0.3) is 0 Å². The minimum absolute atomic E-state index is 0.100. The summed E-state index contributed by atoms with van der Waals surface area (Å²) in [6, 6.07) is 0. The second-order valence-corrected chi connectivity index (χ2v) is 18.9. The topological polar surface area (TPSA) is 78.9 Å². The molecular weight excluding hydrogens is 829 g/mol. The molecule has 0 bridgehead atoms. The first kappa shape index (κ1) is 63.8. The van der Waals surface area contributed by atoms with Crippen LogP contribution in [0.2, 0.25) is 0 Å². The van der Waals surface area contributed by atoms with E-state index in [4.69, 9.17) is 14.2 Å². The minimum atomic E-state index is -0.809. The van der Waals surface area contributed by atoms with Crippen molar-refractivity contribution in [2.75, 3.05) is 13.2 Å². The highest BCUT2D eigenvalue weighted by atomic mass is 16.6. The zero-order valence-electron chi connectivity index (χ0n) is 44.2. The third-order valence-electron chi connectivity index (χ3n) is 12.2. The predicted octanol–water partition coefficient (Wildman–Crippen LogP) is 19.0. The summed E-state index contributed by atoms with van der Waals surface area (Å²) in [4.78, 5) is 38.1. The van der Waals surface area contributed by atoms with Gasteiger partial charge in [0.05, 0.1) is 0 Å². The maximum Gasteiger partial charge on any atom is 0.306 e. The van der Waals surface area contributed by atoms with Gasteiger partial charge in [0.15, 0.2) is 6.10 Å². The fraction of sp³-hybridized carbons (Fsp3) is 0.754. The Balaban J connectivity index is 4.49. The SMILES string of the molecule is CCCCCCC\C=C/C=C\C=C/CCCCCCCC(=O)OCC(COC(=O)CCCCCCCCCCCCCCCC)OC(=O)CCC/C=C\C/C=C\C/C=C\CCCCCCCC. The molecule has 6 heteroatoms. The van der Waals surface area contributed by atoms with E-state index in [2.05, 4.69) is 93.7 Å². The molecule has 0 aliphatic rings. The fourth-order valence-electron chi connectivity index (χ4n) is 7.93. The van der Waals surface area contributed by atoms with Crippen LogP contribution in [-0.4, -0.2) is 37.2 Å². The summed E-state index contributed by atoms with van der Waals surface area (Å²) in [5.41, 5.74) is 0. The molecule has 0 aliphatic carbocycles. The molecule has 386 valence electrons. The Hall–Kier alpha value is -3.15. The number of esters is 3. The van der Waals surface area contributed by atoms with Crippen molar-refractivity contribution in [3.63, 3.8) is 0 Å². The molecule has 0 N–H and O–H groups in total. The molecule has 6 nitrogen and oxygen atoms in total. The standard InChI is InChI=1S/C61H106O6/c1-4-7-10-13-16-19-22-25-28-30-32-33-36-39-42-45-48-51-54-60(63)66-57-58(56-65-59(62)53-50-47-44-41-38-35-27-24-21-18-15-12-9-6-3)67-61(64)55-52-49-46-43-40-37-34-31-29-26-23-20-17-14-11-8-5-2/h22,25-26,28-30,32-34,37,43,46,58H,4-21,23-24,27,31,35-36,38-42,44-45,47-57H2,1-3H3/b25-22-,29-26-,30-28-,33-32-,37-34-,46-43-. The van der Waals surface area contributed by atoms with Gasteiger partial charge >= 0.3 is 17.9 Å². The van der Waals surface area contributed by atoms with E-state index in [1.54, 1.807) is 0 Å². The molecule has 0 aromatic carbocycles. The van der Waals surface area contributed by atoms with Crippen LogP contribution < -0.4 is 0 Å². The van der Waals surface area contributed by atoms with E-state index in [1.807, 2.05) is 0 Å². The molecular formula is C61H106O6. The van der Waals surface area contributed by atoms with Gasteiger partial charge in [0, 0.05) is 19.3 Å². The third kappa shape index (κ3) is 53.7. The van der Waals surface area contributed by atoms with E-state index < -0.39 is 6.10 Å². The number of rotatable bonds is 51. The highest BCUT2D eigenvalue weighted by molar-refractivity contribution is 5.71. The van der Waals surface area contributed by atoms with Crippen LogP contribution in [0.3, 0.4) is 0 Å². The van der Waals surface area contributed by atoms with Crippen LogP contribution in [0.25, 0.3) is 0 Å². The Bertz CT molecular complexity index is 1260. The molecule has 0 aromatic rings. The van der Waals surface area contributed by atoms with Gasteiger partial charge in [0.1, 0.15) is 13.2 Å². The molecule has 0 aliphatic heterocycles. The van der Waals surface area contributed by atoms with Crippen LogP contribution in [0.15, 0.2) is 72.9 Å². The number of hydrogen-bond acceptors (Lipinski definition) is 6. The van der Waals surface area contributed by atoms with Crippen molar-refractivity contribution in [3.05, 3.63) is 72.9 Å². The van der Waals surface area contributed by atoms with E-state index in [0.717, 1.165) is 83.5 Å². The first-order valence-corrected chi connectivity index (χ1v) is 28.5. The van der Waals surface area contributed by atoms with Gasteiger partial charge in [0.2, 0.25) is 0 Å². The van der Waals surface area contributed by atoms with Crippen LogP contribution in [0.4, 0.5) is 0 Å². The third-order valence-corrected chi connectivity index (χ3v) is 12.2. The van der Waals surface area contributed by atoms with E-state index >= 15 is 0 Å². The van der Waals surface area contributed by atoms with Crippen LogP contribution in [0.5, 0.6) is 0 Å². The predicted molar refractivity (Wildman–Crippen MR) is 288 cm³/mol. The van der Waals surface area contributed by atoms with Gasteiger partial charge in [-0.1, -0.05) is 254 Å². The van der Waals surface area contributed by atoms with Gasteiger partial charge in [-0.3, -0.25) is 14.4 Å². The molecule has 67 heavy (non-hydrogen) atoms. The Kier molecular flexibility index (Phi) is 52.8. The lowest BCUT2D eigenvalue weighted by atomic mass is 10.0. The van der Waals surface area contributed by atoms with E-state index in [1.165, 1.54) is 148 Å². The lowest BCUT2D eigenvalue weighted by Crippen LogP contribution is -2.30. The molecule has 1 unspecified atom stereocenters. The van der Waals surface area contributed by atoms with Gasteiger partial charge in [-0.15, -0.1) is 0 Å². The molecule has 0 saturated heterocycles. The van der Waals surface area contributed by atoms with Crippen molar-refractivity contribution in [1.82, 2.24) is 0 Å². The van der Waals surface area contributed by atoms with Gasteiger partial charge in [-0.05, 0) is 77.0 Å². The average molecular weight is 936 g/mol. The zero-order valence-corrected chi connectivity index (χ0v) is 44.2. The fourth-order valence-corrected chi connectivity index (χ4v) is 7.93. The smallest absolute Gasteiger partial charge is 0.306 e. The summed E-state index contributed by atoms with van der Waals surface area (Å²) in [5.74, 6) is -0.965. The molecule has 0 amide bonds. The van der Waals surface area contributed by atoms with Crippen LogP contribution in [0, 0.1) is 0 Å². The van der Waals surface area contributed by atoms with Crippen molar-refractivity contribution in [1.29, 1.82) is 0 Å². The largest absolute Gasteiger partial charge is 0.462 e. The maximum absolute atomic E-state index is 12.8. The lowest BCUT2D eigenvalue weighted by molar-refractivity contribution is -0.167. The second-order valence-electron chi connectivity index (χ2n) is 18.9. The Morgan fingerprint density at radius 1 is 0.313 bits per heavy atom. The number of allylic oxidation sites excluding steroid dienone is 12. The van der Waals surface area contributed by atoms with Crippen molar-refractivity contribution < 1.29 is 28.6 Å². The first-order valence-electron chi connectivity index (χ1n) is 28.5. The van der Waals surface area contributed by atoms with Gasteiger partial charge in [-0.2, -0.15) is 0 Å². The van der Waals surface area contributed by atoms with Gasteiger partial charge in [-0.25, -0.2) is 0 Å². The molecule has 0 heterocycles. The highest BCUT2D eigenvalue weighted by Gasteiger charge is 2.19. The molecule has 1 atom stereocenters. The van der Waals surface area contributed by atoms with Crippen LogP contribution >= 0.6 is 0 Å². The molecule has 0 fully saturated rings. The minimum Gasteiger partial charge on any atom is -0.462 e. The summed E-state index contributed by atoms with van der Waals surface area (Å²) in [7, 11) is 0. The number of carbonyl (C=O) groups excluding carboxylic acids is 3. The van der Waals surface area contributed by atoms with Crippen molar-refractivity contribution in [2.45, 2.75) is 284 Å². The maximum atomic E-state index is 12.8. The van der Waals surface area contributed by atoms with Crippen LogP contribution in [0.1, 0.15) is 278 Å². The van der Waals surface area contributed by atoms with E-state index in [0.29, 0.717) is 19.3 Å². The number of unbranched alkanes of at least 4 members (excludes halogenated alkanes) is 30. The highest BCUT2D eigenvalue weighted by Crippen LogP contribution is 2.15. The average Bonchev–Trinajstić information content (AvgIpc) is 3.33. The summed E-state index contributed by atoms with van der Waals surface area (Å²) < 4.78 is 16.8. The number of hydrogen-bond donors (Lipinski definition) is 0. The Morgan fingerprint density at radius 3 is 1.00 bits per heavy atom. The Morgan fingerprint density at radius 2 is 0.612 bits per heavy atom.